The Morgan fingerprint density at radius 3 is 2.46 bits per heavy atom. The third-order valence-electron chi connectivity index (χ3n) is 6.31. The van der Waals surface area contributed by atoms with E-state index in [0.29, 0.717) is 6.42 Å². The van der Waals surface area contributed by atoms with Gasteiger partial charge in [0.2, 0.25) is 0 Å². The summed E-state index contributed by atoms with van der Waals surface area (Å²) in [6.45, 7) is 14.4. The van der Waals surface area contributed by atoms with Crippen molar-refractivity contribution in [2.24, 2.45) is 28.6 Å². The van der Waals surface area contributed by atoms with Crippen LogP contribution in [0.1, 0.15) is 53.9 Å². The summed E-state index contributed by atoms with van der Waals surface area (Å²) in [6.07, 6.45) is 7.99. The number of aliphatic hydroxyl groups is 1. The third kappa shape index (κ3) is 2.67. The van der Waals surface area contributed by atoms with E-state index < -0.39 is 17.5 Å². The Labute approximate surface area is 146 Å². The Balaban J connectivity index is 2.35. The Morgan fingerprint density at radius 2 is 1.96 bits per heavy atom. The van der Waals surface area contributed by atoms with Crippen LogP contribution in [0.3, 0.4) is 0 Å². The second-order valence-electron chi connectivity index (χ2n) is 8.27. The van der Waals surface area contributed by atoms with Crippen LogP contribution in [-0.4, -0.2) is 22.3 Å². The van der Waals surface area contributed by atoms with Crippen molar-refractivity contribution < 1.29 is 15.0 Å². The number of hydrogen-bond donors (Lipinski definition) is 2. The smallest absolute Gasteiger partial charge is 0.311 e. The van der Waals surface area contributed by atoms with Crippen LogP contribution in [-0.2, 0) is 4.79 Å². The minimum atomic E-state index is -0.842. The zero-order valence-electron chi connectivity index (χ0n) is 15.7. The van der Waals surface area contributed by atoms with E-state index in [-0.39, 0.29) is 23.2 Å². The molecule has 0 spiro atoms. The first-order chi connectivity index (χ1) is 11.1. The summed E-state index contributed by atoms with van der Waals surface area (Å²) < 4.78 is 0. The molecule has 2 aliphatic rings. The first-order valence-corrected chi connectivity index (χ1v) is 9.02. The molecule has 0 heterocycles. The first-order valence-electron chi connectivity index (χ1n) is 9.02. The lowest BCUT2D eigenvalue weighted by atomic mass is 9.77. The summed E-state index contributed by atoms with van der Waals surface area (Å²) in [5.74, 6) is -0.956. The van der Waals surface area contributed by atoms with Gasteiger partial charge < -0.3 is 10.2 Å². The molecule has 0 bridgehead atoms. The SMILES string of the molecule is C=C1[C@@H](CC=CCC)[C@@H](O)C[C@H]1[C@]1(C(=O)O)[C@H](C=C(C)C)C1(C)C. The van der Waals surface area contributed by atoms with Crippen LogP contribution < -0.4 is 0 Å². The quantitative estimate of drug-likeness (QED) is 0.700. The molecule has 2 N–H and O–H groups in total. The summed E-state index contributed by atoms with van der Waals surface area (Å²) in [7, 11) is 0. The van der Waals surface area contributed by atoms with E-state index in [9.17, 15) is 15.0 Å². The minimum Gasteiger partial charge on any atom is -0.481 e. The van der Waals surface area contributed by atoms with Crippen molar-refractivity contribution in [3.8, 4) is 0 Å². The summed E-state index contributed by atoms with van der Waals surface area (Å²) in [5.41, 5.74) is 0.898. The van der Waals surface area contributed by atoms with Gasteiger partial charge in [0.05, 0.1) is 11.5 Å². The number of carbonyl (C=O) groups is 1. The number of aliphatic carboxylic acids is 1. The molecule has 24 heavy (non-hydrogen) atoms. The maximum atomic E-state index is 12.3. The van der Waals surface area contributed by atoms with Crippen molar-refractivity contribution >= 4 is 5.97 Å². The molecule has 0 amide bonds. The largest absolute Gasteiger partial charge is 0.481 e. The molecular formula is C21H32O3. The van der Waals surface area contributed by atoms with Crippen LogP contribution in [0.15, 0.2) is 36.0 Å². The second-order valence-corrected chi connectivity index (χ2v) is 8.27. The maximum Gasteiger partial charge on any atom is 0.311 e. The van der Waals surface area contributed by atoms with Crippen molar-refractivity contribution in [2.75, 3.05) is 0 Å². The molecule has 2 aliphatic carbocycles. The number of hydrogen-bond acceptors (Lipinski definition) is 2. The molecule has 0 unspecified atom stereocenters. The highest BCUT2D eigenvalue weighted by Gasteiger charge is 2.78. The first kappa shape index (κ1) is 19.0. The Morgan fingerprint density at radius 1 is 1.33 bits per heavy atom. The number of rotatable bonds is 6. The van der Waals surface area contributed by atoms with Crippen molar-refractivity contribution in [3.63, 3.8) is 0 Å². The normalized spacial score (nSPS) is 37.7. The van der Waals surface area contributed by atoms with Gasteiger partial charge in [-0.25, -0.2) is 0 Å². The Kier molecular flexibility index (Phi) is 5.15. The van der Waals surface area contributed by atoms with Gasteiger partial charge in [0, 0.05) is 11.8 Å². The lowest BCUT2D eigenvalue weighted by Gasteiger charge is -2.25. The standard InChI is InChI=1S/C21H32O3/c1-7-8-9-10-15-14(4)16(12-17(15)22)21(19(23)24)18(11-13(2)3)20(21,5)6/h8-9,11,15-18,22H,4,7,10,12H2,1-3,5-6H3,(H,23,24)/t15-,16-,17+,18-,21-/m1/s1. The van der Waals surface area contributed by atoms with Gasteiger partial charge in [-0.2, -0.15) is 0 Å². The molecule has 0 aromatic carbocycles. The summed E-state index contributed by atoms with van der Waals surface area (Å²) in [5, 5.41) is 20.7. The number of carboxylic acid groups (broad SMARTS) is 1. The van der Waals surface area contributed by atoms with E-state index in [4.69, 9.17) is 0 Å². The van der Waals surface area contributed by atoms with Gasteiger partial charge in [0.25, 0.3) is 0 Å². The lowest BCUT2D eigenvalue weighted by Crippen LogP contribution is -2.30. The topological polar surface area (TPSA) is 57.5 Å². The fourth-order valence-electron chi connectivity index (χ4n) is 4.99. The highest BCUT2D eigenvalue weighted by molar-refractivity contribution is 5.83. The van der Waals surface area contributed by atoms with Crippen molar-refractivity contribution in [1.29, 1.82) is 0 Å². The summed E-state index contributed by atoms with van der Waals surface area (Å²) in [4.78, 5) is 12.3. The lowest BCUT2D eigenvalue weighted by molar-refractivity contribution is -0.147. The van der Waals surface area contributed by atoms with Crippen LogP contribution in [0.2, 0.25) is 0 Å². The second kappa shape index (κ2) is 6.51. The van der Waals surface area contributed by atoms with Gasteiger partial charge in [-0.15, -0.1) is 0 Å². The van der Waals surface area contributed by atoms with E-state index in [1.54, 1.807) is 0 Å². The average Bonchev–Trinajstić information content (AvgIpc) is 2.81. The third-order valence-corrected chi connectivity index (χ3v) is 6.31. The van der Waals surface area contributed by atoms with Gasteiger partial charge >= 0.3 is 5.97 Å². The van der Waals surface area contributed by atoms with Gasteiger partial charge in [-0.3, -0.25) is 4.79 Å². The van der Waals surface area contributed by atoms with E-state index >= 15 is 0 Å². The Bertz CT molecular complexity index is 580. The fraction of sp³-hybridized carbons (Fsp3) is 0.667. The van der Waals surface area contributed by atoms with E-state index in [1.165, 1.54) is 0 Å². The maximum absolute atomic E-state index is 12.3. The highest BCUT2D eigenvalue weighted by atomic mass is 16.4. The zero-order chi connectivity index (χ0) is 18.3. The van der Waals surface area contributed by atoms with Crippen LogP contribution >= 0.6 is 0 Å². The van der Waals surface area contributed by atoms with E-state index in [2.05, 4.69) is 31.7 Å². The molecule has 2 fully saturated rings. The van der Waals surface area contributed by atoms with Crippen LogP contribution in [0, 0.1) is 28.6 Å². The molecule has 5 atom stereocenters. The minimum absolute atomic E-state index is 0.00798. The van der Waals surface area contributed by atoms with E-state index in [0.717, 1.165) is 24.0 Å². The van der Waals surface area contributed by atoms with Crippen LogP contribution in [0.25, 0.3) is 0 Å². The number of aliphatic hydroxyl groups excluding tert-OH is 1. The molecule has 0 saturated heterocycles. The predicted molar refractivity (Wildman–Crippen MR) is 97.6 cm³/mol. The van der Waals surface area contributed by atoms with Crippen molar-refractivity contribution in [2.45, 2.75) is 60.0 Å². The molecule has 2 rings (SSSR count). The molecule has 0 aliphatic heterocycles. The monoisotopic (exact) mass is 332 g/mol. The van der Waals surface area contributed by atoms with E-state index in [1.807, 2.05) is 27.7 Å². The number of carboxylic acids is 1. The molecule has 0 radical (unpaired) electrons. The van der Waals surface area contributed by atoms with Gasteiger partial charge in [-0.05, 0) is 44.4 Å². The van der Waals surface area contributed by atoms with Crippen molar-refractivity contribution in [1.82, 2.24) is 0 Å². The van der Waals surface area contributed by atoms with Crippen LogP contribution in [0.5, 0.6) is 0 Å². The fourth-order valence-corrected chi connectivity index (χ4v) is 4.99. The predicted octanol–water partition coefficient (Wildman–Crippen LogP) is 4.59. The summed E-state index contributed by atoms with van der Waals surface area (Å²) in [6, 6.07) is 0. The van der Waals surface area contributed by atoms with Crippen LogP contribution in [0.4, 0.5) is 0 Å². The highest BCUT2D eigenvalue weighted by Crippen LogP contribution is 2.76. The molecule has 0 aromatic rings. The molecule has 3 heteroatoms. The number of allylic oxidation sites excluding steroid dienone is 4. The van der Waals surface area contributed by atoms with Gasteiger partial charge in [-0.1, -0.05) is 56.7 Å². The molecular weight excluding hydrogens is 300 g/mol. The molecule has 134 valence electrons. The molecule has 2 saturated carbocycles. The zero-order valence-corrected chi connectivity index (χ0v) is 15.7. The van der Waals surface area contributed by atoms with Crippen molar-refractivity contribution in [3.05, 3.63) is 36.0 Å². The average molecular weight is 332 g/mol. The molecule has 3 nitrogen and oxygen atoms in total. The van der Waals surface area contributed by atoms with Gasteiger partial charge in [0.1, 0.15) is 0 Å². The Hall–Kier alpha value is -1.35. The summed E-state index contributed by atoms with van der Waals surface area (Å²) >= 11 is 0. The van der Waals surface area contributed by atoms with Gasteiger partial charge in [0.15, 0.2) is 0 Å². The molecule has 0 aromatic heterocycles.